The third-order valence-corrected chi connectivity index (χ3v) is 5.14. The average Bonchev–Trinajstić information content (AvgIpc) is 2.83. The zero-order valence-electron chi connectivity index (χ0n) is 17.2. The molecule has 0 spiro atoms. The van der Waals surface area contributed by atoms with Crippen molar-refractivity contribution in [2.75, 3.05) is 26.3 Å². The fourth-order valence-electron chi connectivity index (χ4n) is 3.42. The predicted molar refractivity (Wildman–Crippen MR) is 114 cm³/mol. The lowest BCUT2D eigenvalue weighted by molar-refractivity contribution is -0.134. The van der Waals surface area contributed by atoms with E-state index in [1.807, 2.05) is 17.0 Å². The topological polar surface area (TPSA) is 89.5 Å². The number of nitrogens with zero attached hydrogens (tertiary/aromatic N) is 2. The molecule has 0 saturated carbocycles. The number of ether oxygens (including phenoxy) is 3. The molecule has 4 rings (SSSR count). The van der Waals surface area contributed by atoms with Gasteiger partial charge in [0.05, 0.1) is 6.21 Å². The van der Waals surface area contributed by atoms with Crippen molar-refractivity contribution in [2.24, 2.45) is 5.10 Å². The summed E-state index contributed by atoms with van der Waals surface area (Å²) in [5, 5.41) is 3.98. The molecule has 0 bridgehead atoms. The van der Waals surface area contributed by atoms with Gasteiger partial charge in [0, 0.05) is 13.1 Å². The fraction of sp³-hybridized carbons (Fsp3) is 0.348. The first-order valence-electron chi connectivity index (χ1n) is 10.4. The van der Waals surface area contributed by atoms with E-state index in [9.17, 15) is 9.59 Å². The van der Waals surface area contributed by atoms with Crippen molar-refractivity contribution in [1.82, 2.24) is 10.3 Å². The number of rotatable bonds is 6. The molecule has 2 aromatic carbocycles. The van der Waals surface area contributed by atoms with Crippen LogP contribution >= 0.6 is 0 Å². The lowest BCUT2D eigenvalue weighted by atomic mass is 10.1. The second-order valence-electron chi connectivity index (χ2n) is 7.40. The molecule has 2 aliphatic rings. The highest BCUT2D eigenvalue weighted by molar-refractivity contribution is 5.85. The molecule has 8 nitrogen and oxygen atoms in total. The van der Waals surface area contributed by atoms with E-state index in [0.29, 0.717) is 17.2 Å². The number of hydrazone groups is 1. The first kappa shape index (κ1) is 20.7. The Hall–Kier alpha value is -3.55. The van der Waals surface area contributed by atoms with E-state index < -0.39 is 6.10 Å². The molecule has 1 fully saturated rings. The van der Waals surface area contributed by atoms with Crippen LogP contribution in [0.5, 0.6) is 17.2 Å². The van der Waals surface area contributed by atoms with Crippen LogP contribution in [0.1, 0.15) is 24.8 Å². The maximum Gasteiger partial charge on any atom is 0.284 e. The molecular weight excluding hydrogens is 398 g/mol. The van der Waals surface area contributed by atoms with Gasteiger partial charge in [0.15, 0.2) is 18.1 Å². The quantitative estimate of drug-likeness (QED) is 0.569. The molecule has 31 heavy (non-hydrogen) atoms. The highest BCUT2D eigenvalue weighted by atomic mass is 16.6. The van der Waals surface area contributed by atoms with Crippen molar-refractivity contribution in [3.63, 3.8) is 0 Å². The molecular formula is C23H25N3O5. The average molecular weight is 423 g/mol. The number of carbonyl (C=O) groups excluding carboxylic acids is 2. The van der Waals surface area contributed by atoms with Gasteiger partial charge < -0.3 is 19.1 Å². The van der Waals surface area contributed by atoms with Crippen LogP contribution in [0.2, 0.25) is 0 Å². The van der Waals surface area contributed by atoms with Gasteiger partial charge in [-0.25, -0.2) is 5.43 Å². The Morgan fingerprint density at radius 3 is 2.58 bits per heavy atom. The van der Waals surface area contributed by atoms with Crippen LogP contribution in [0.25, 0.3) is 0 Å². The lowest BCUT2D eigenvalue weighted by Gasteiger charge is -2.26. The van der Waals surface area contributed by atoms with E-state index in [2.05, 4.69) is 10.5 Å². The Labute approximate surface area is 180 Å². The summed E-state index contributed by atoms with van der Waals surface area (Å²) in [4.78, 5) is 26.3. The van der Waals surface area contributed by atoms with Gasteiger partial charge >= 0.3 is 0 Å². The van der Waals surface area contributed by atoms with Crippen LogP contribution in [0.3, 0.4) is 0 Å². The Morgan fingerprint density at radius 2 is 1.81 bits per heavy atom. The van der Waals surface area contributed by atoms with Crippen LogP contribution in [0.4, 0.5) is 0 Å². The third kappa shape index (κ3) is 5.53. The largest absolute Gasteiger partial charge is 0.485 e. The Balaban J connectivity index is 1.22. The molecule has 2 amide bonds. The maximum atomic E-state index is 12.2. The van der Waals surface area contributed by atoms with Crippen molar-refractivity contribution in [1.29, 1.82) is 0 Å². The highest BCUT2D eigenvalue weighted by Crippen LogP contribution is 2.30. The van der Waals surface area contributed by atoms with E-state index in [0.717, 1.165) is 31.5 Å². The summed E-state index contributed by atoms with van der Waals surface area (Å²) in [6.07, 6.45) is 4.06. The van der Waals surface area contributed by atoms with Gasteiger partial charge in [-0.3, -0.25) is 9.59 Å². The van der Waals surface area contributed by atoms with Crippen molar-refractivity contribution in [3.8, 4) is 17.2 Å². The maximum absolute atomic E-state index is 12.2. The van der Waals surface area contributed by atoms with Crippen LogP contribution in [-0.4, -0.2) is 55.3 Å². The van der Waals surface area contributed by atoms with E-state index >= 15 is 0 Å². The number of hydrogen-bond acceptors (Lipinski definition) is 6. The summed E-state index contributed by atoms with van der Waals surface area (Å²) in [5.41, 5.74) is 3.25. The van der Waals surface area contributed by atoms with E-state index in [1.54, 1.807) is 36.4 Å². The molecule has 1 atom stereocenters. The molecule has 8 heteroatoms. The number of likely N-dealkylation sites (tertiary alicyclic amines) is 1. The highest BCUT2D eigenvalue weighted by Gasteiger charge is 2.27. The van der Waals surface area contributed by atoms with Gasteiger partial charge in [0.1, 0.15) is 12.4 Å². The van der Waals surface area contributed by atoms with Crippen molar-refractivity contribution >= 4 is 18.0 Å². The van der Waals surface area contributed by atoms with Crippen molar-refractivity contribution in [3.05, 3.63) is 54.1 Å². The van der Waals surface area contributed by atoms with Crippen LogP contribution in [0.15, 0.2) is 53.6 Å². The summed E-state index contributed by atoms with van der Waals surface area (Å²) in [6, 6.07) is 14.3. The number of benzene rings is 2. The van der Waals surface area contributed by atoms with Crippen LogP contribution in [0, 0.1) is 0 Å². The van der Waals surface area contributed by atoms with Gasteiger partial charge in [0.25, 0.3) is 11.8 Å². The SMILES string of the molecule is O=C(N/N=C\c1ccc(OCC(=O)N2CCCCC2)cc1)[C@H]1COc2ccccc2O1. The second kappa shape index (κ2) is 9.97. The zero-order valence-corrected chi connectivity index (χ0v) is 17.2. The summed E-state index contributed by atoms with van der Waals surface area (Å²) < 4.78 is 16.8. The number of fused-ring (bicyclic) bond motifs is 1. The third-order valence-electron chi connectivity index (χ3n) is 5.14. The number of piperidine rings is 1. The lowest BCUT2D eigenvalue weighted by Crippen LogP contribution is -2.42. The molecule has 1 saturated heterocycles. The van der Waals surface area contributed by atoms with Crippen LogP contribution < -0.4 is 19.6 Å². The van der Waals surface area contributed by atoms with Gasteiger partial charge in [-0.15, -0.1) is 0 Å². The van der Waals surface area contributed by atoms with Gasteiger partial charge in [-0.05, 0) is 61.2 Å². The van der Waals surface area contributed by atoms with E-state index in [4.69, 9.17) is 14.2 Å². The van der Waals surface area contributed by atoms with E-state index in [-0.39, 0.29) is 25.0 Å². The predicted octanol–water partition coefficient (Wildman–Crippen LogP) is 2.37. The number of carbonyl (C=O) groups is 2. The molecule has 2 heterocycles. The molecule has 0 radical (unpaired) electrons. The van der Waals surface area contributed by atoms with Gasteiger partial charge in [-0.2, -0.15) is 5.10 Å². The first-order chi connectivity index (χ1) is 15.2. The summed E-state index contributed by atoms with van der Waals surface area (Å²) in [5.74, 6) is 1.40. The fourth-order valence-corrected chi connectivity index (χ4v) is 3.42. The summed E-state index contributed by atoms with van der Waals surface area (Å²) in [7, 11) is 0. The van der Waals surface area contributed by atoms with Gasteiger partial charge in [-0.1, -0.05) is 12.1 Å². The van der Waals surface area contributed by atoms with Crippen LogP contribution in [-0.2, 0) is 9.59 Å². The minimum Gasteiger partial charge on any atom is -0.485 e. The normalized spacial score (nSPS) is 17.9. The number of amides is 2. The monoisotopic (exact) mass is 423 g/mol. The number of para-hydroxylation sites is 2. The Morgan fingerprint density at radius 1 is 1.06 bits per heavy atom. The number of hydrogen-bond donors (Lipinski definition) is 1. The summed E-state index contributed by atoms with van der Waals surface area (Å²) in [6.45, 7) is 1.79. The molecule has 0 aliphatic carbocycles. The minimum atomic E-state index is -0.764. The minimum absolute atomic E-state index is 0.0181. The summed E-state index contributed by atoms with van der Waals surface area (Å²) >= 11 is 0. The molecule has 1 N–H and O–H groups in total. The molecule has 2 aliphatic heterocycles. The zero-order chi connectivity index (χ0) is 21.5. The van der Waals surface area contributed by atoms with Gasteiger partial charge in [0.2, 0.25) is 6.10 Å². The molecule has 0 unspecified atom stereocenters. The van der Waals surface area contributed by atoms with Crippen molar-refractivity contribution in [2.45, 2.75) is 25.4 Å². The Kier molecular flexibility index (Phi) is 6.66. The molecule has 2 aromatic rings. The van der Waals surface area contributed by atoms with E-state index in [1.165, 1.54) is 12.6 Å². The Bertz CT molecular complexity index is 938. The number of nitrogens with one attached hydrogen (secondary N) is 1. The smallest absolute Gasteiger partial charge is 0.284 e. The second-order valence-corrected chi connectivity index (χ2v) is 7.40. The first-order valence-corrected chi connectivity index (χ1v) is 10.4. The molecule has 0 aromatic heterocycles. The van der Waals surface area contributed by atoms with Crippen molar-refractivity contribution < 1.29 is 23.8 Å². The standard InChI is InChI=1S/C23H25N3O5/c27-22(26-12-4-1-5-13-26)16-29-18-10-8-17(9-11-18)14-24-25-23(28)21-15-30-19-6-2-3-7-20(19)31-21/h2-3,6-11,14,21H,1,4-5,12-13,15-16H2,(H,25,28)/b24-14-/t21-/m1/s1. The molecule has 162 valence electrons.